The smallest absolute Gasteiger partial charge is 0.258 e. The molecule has 1 N–H and O–H groups in total. The molecule has 1 aromatic rings. The number of carbonyl (C=O) groups is 1. The van der Waals surface area contributed by atoms with Crippen molar-refractivity contribution in [1.29, 1.82) is 0 Å². The van der Waals surface area contributed by atoms with Gasteiger partial charge in [-0.25, -0.2) is 0 Å². The molecule has 2 nitrogen and oxygen atoms in total. The zero-order valence-corrected chi connectivity index (χ0v) is 12.1. The van der Waals surface area contributed by atoms with Crippen LogP contribution in [0.5, 0.6) is 0 Å². The summed E-state index contributed by atoms with van der Waals surface area (Å²) in [6, 6.07) is 10.0. The van der Waals surface area contributed by atoms with Crippen LogP contribution in [0.25, 0.3) is 0 Å². The van der Waals surface area contributed by atoms with Gasteiger partial charge in [0, 0.05) is 17.8 Å². The molecule has 0 spiro atoms. The zero-order chi connectivity index (χ0) is 13.2. The summed E-state index contributed by atoms with van der Waals surface area (Å²) in [6.45, 7) is 2.80. The summed E-state index contributed by atoms with van der Waals surface area (Å²) in [7, 11) is 0. The molecule has 0 fully saturated rings. The maximum atomic E-state index is 11.8. The summed E-state index contributed by atoms with van der Waals surface area (Å²) in [5, 5.41) is 2.86. The van der Waals surface area contributed by atoms with Crippen molar-refractivity contribution >= 4 is 29.3 Å². The second kappa shape index (κ2) is 9.06. The topological polar surface area (TPSA) is 29.1 Å². The van der Waals surface area contributed by atoms with Crippen molar-refractivity contribution in [3.8, 4) is 0 Å². The zero-order valence-electron chi connectivity index (χ0n) is 10.5. The fourth-order valence-electron chi connectivity index (χ4n) is 1.35. The molecule has 98 valence electrons. The molecular formula is C14H18ClNOS. The predicted octanol–water partition coefficient (Wildman–Crippen LogP) is 3.92. The van der Waals surface area contributed by atoms with Crippen LogP contribution in [0.2, 0.25) is 0 Å². The van der Waals surface area contributed by atoms with Crippen LogP contribution >= 0.6 is 23.4 Å². The first-order valence-corrected chi connectivity index (χ1v) is 7.45. The Morgan fingerprint density at radius 3 is 2.72 bits per heavy atom. The average Bonchev–Trinajstić information content (AvgIpc) is 2.41. The highest BCUT2D eigenvalue weighted by Crippen LogP contribution is 2.22. The molecule has 0 aliphatic rings. The minimum atomic E-state index is -0.0839. The number of rotatable bonds is 7. The number of hydrogen-bond acceptors (Lipinski definition) is 2. The standard InChI is InChI=1S/C14H18ClNOS/c1-2-3-9-16-14(17)13(10-15)18-11-12-7-5-4-6-8-12/h4-8,10H,2-3,9,11H2,1H3,(H,16,17)/b13-10-. The van der Waals surface area contributed by atoms with E-state index >= 15 is 0 Å². The molecule has 1 rings (SSSR count). The van der Waals surface area contributed by atoms with Crippen molar-refractivity contribution in [2.24, 2.45) is 0 Å². The van der Waals surface area contributed by atoms with Gasteiger partial charge in [0.25, 0.3) is 5.91 Å². The molecule has 0 bridgehead atoms. The second-order valence-electron chi connectivity index (χ2n) is 3.86. The molecule has 0 aliphatic carbocycles. The molecule has 1 amide bonds. The van der Waals surface area contributed by atoms with E-state index < -0.39 is 0 Å². The van der Waals surface area contributed by atoms with E-state index in [1.54, 1.807) is 0 Å². The lowest BCUT2D eigenvalue weighted by atomic mass is 10.2. The average molecular weight is 284 g/mol. The fraction of sp³-hybridized carbons (Fsp3) is 0.357. The van der Waals surface area contributed by atoms with E-state index in [4.69, 9.17) is 11.6 Å². The lowest BCUT2D eigenvalue weighted by Crippen LogP contribution is -2.24. The van der Waals surface area contributed by atoms with Crippen LogP contribution in [-0.2, 0) is 10.5 Å². The van der Waals surface area contributed by atoms with Gasteiger partial charge >= 0.3 is 0 Å². The maximum Gasteiger partial charge on any atom is 0.258 e. The van der Waals surface area contributed by atoms with E-state index in [2.05, 4.69) is 12.2 Å². The van der Waals surface area contributed by atoms with Crippen molar-refractivity contribution in [1.82, 2.24) is 5.32 Å². The first kappa shape index (κ1) is 15.1. The summed E-state index contributed by atoms with van der Waals surface area (Å²) >= 11 is 7.16. The molecule has 0 saturated heterocycles. The van der Waals surface area contributed by atoms with Crippen molar-refractivity contribution in [3.63, 3.8) is 0 Å². The van der Waals surface area contributed by atoms with Crippen molar-refractivity contribution < 1.29 is 4.79 Å². The molecular weight excluding hydrogens is 266 g/mol. The summed E-state index contributed by atoms with van der Waals surface area (Å²) in [6.07, 6.45) is 2.06. The molecule has 18 heavy (non-hydrogen) atoms. The Morgan fingerprint density at radius 1 is 1.39 bits per heavy atom. The number of amides is 1. The summed E-state index contributed by atoms with van der Waals surface area (Å²) in [4.78, 5) is 12.4. The Kier molecular flexibility index (Phi) is 7.62. The van der Waals surface area contributed by atoms with Crippen LogP contribution in [0.1, 0.15) is 25.3 Å². The van der Waals surface area contributed by atoms with E-state index in [0.717, 1.165) is 18.6 Å². The number of thioether (sulfide) groups is 1. The van der Waals surface area contributed by atoms with Crippen LogP contribution in [0.3, 0.4) is 0 Å². The van der Waals surface area contributed by atoms with Gasteiger partial charge in [-0.3, -0.25) is 4.79 Å². The summed E-state index contributed by atoms with van der Waals surface area (Å²) < 4.78 is 0. The molecule has 0 saturated carbocycles. The van der Waals surface area contributed by atoms with Crippen LogP contribution in [0.15, 0.2) is 40.8 Å². The van der Waals surface area contributed by atoms with E-state index in [0.29, 0.717) is 11.4 Å². The van der Waals surface area contributed by atoms with Crippen LogP contribution in [-0.4, -0.2) is 12.5 Å². The molecule has 0 atom stereocenters. The van der Waals surface area contributed by atoms with E-state index in [1.165, 1.54) is 22.9 Å². The van der Waals surface area contributed by atoms with E-state index in [1.807, 2.05) is 30.3 Å². The van der Waals surface area contributed by atoms with Gasteiger partial charge in [-0.1, -0.05) is 55.3 Å². The largest absolute Gasteiger partial charge is 0.352 e. The third-order valence-electron chi connectivity index (χ3n) is 2.38. The third-order valence-corrected chi connectivity index (χ3v) is 3.82. The third kappa shape index (κ3) is 5.61. The number of carbonyl (C=O) groups excluding carboxylic acids is 1. The molecule has 0 aliphatic heterocycles. The predicted molar refractivity (Wildman–Crippen MR) is 79.6 cm³/mol. The SMILES string of the molecule is CCCCNC(=O)/C(=C/Cl)SCc1ccccc1. The van der Waals surface area contributed by atoms with Crippen LogP contribution in [0.4, 0.5) is 0 Å². The molecule has 0 aromatic heterocycles. The van der Waals surface area contributed by atoms with Gasteiger partial charge in [-0.15, -0.1) is 11.8 Å². The number of unbranched alkanes of at least 4 members (excludes halogenated alkanes) is 1. The lowest BCUT2D eigenvalue weighted by Gasteiger charge is -2.07. The summed E-state index contributed by atoms with van der Waals surface area (Å²) in [5.74, 6) is 0.667. The van der Waals surface area contributed by atoms with Gasteiger partial charge in [-0.2, -0.15) is 0 Å². The Hall–Kier alpha value is -0.930. The highest BCUT2D eigenvalue weighted by molar-refractivity contribution is 8.03. The van der Waals surface area contributed by atoms with Crippen molar-refractivity contribution in [2.45, 2.75) is 25.5 Å². The molecule has 0 unspecified atom stereocenters. The van der Waals surface area contributed by atoms with Gasteiger partial charge in [0.15, 0.2) is 0 Å². The fourth-order valence-corrected chi connectivity index (χ4v) is 2.42. The van der Waals surface area contributed by atoms with Crippen molar-refractivity contribution in [3.05, 3.63) is 46.3 Å². The Balaban J connectivity index is 2.40. The normalized spacial score (nSPS) is 11.3. The van der Waals surface area contributed by atoms with E-state index in [-0.39, 0.29) is 5.91 Å². The second-order valence-corrected chi connectivity index (χ2v) is 5.09. The van der Waals surface area contributed by atoms with Gasteiger partial charge in [0.05, 0.1) is 4.91 Å². The quantitative estimate of drug-likeness (QED) is 0.607. The van der Waals surface area contributed by atoms with Gasteiger partial charge < -0.3 is 5.32 Å². The number of halogens is 1. The number of nitrogens with one attached hydrogen (secondary N) is 1. The molecule has 1 aromatic carbocycles. The maximum absolute atomic E-state index is 11.8. The molecule has 0 heterocycles. The van der Waals surface area contributed by atoms with Gasteiger partial charge in [-0.05, 0) is 12.0 Å². The molecule has 4 heteroatoms. The number of benzene rings is 1. The van der Waals surface area contributed by atoms with Crippen LogP contribution in [0, 0.1) is 0 Å². The Bertz CT molecular complexity index is 392. The van der Waals surface area contributed by atoms with Crippen LogP contribution < -0.4 is 5.32 Å². The first-order chi connectivity index (χ1) is 8.77. The van der Waals surface area contributed by atoms with Gasteiger partial charge in [0.2, 0.25) is 0 Å². The monoisotopic (exact) mass is 283 g/mol. The first-order valence-electron chi connectivity index (χ1n) is 6.03. The Labute approximate surface area is 118 Å². The lowest BCUT2D eigenvalue weighted by molar-refractivity contribution is -0.116. The Morgan fingerprint density at radius 2 is 2.11 bits per heavy atom. The minimum Gasteiger partial charge on any atom is -0.352 e. The number of hydrogen-bond donors (Lipinski definition) is 1. The van der Waals surface area contributed by atoms with Gasteiger partial charge in [0.1, 0.15) is 0 Å². The summed E-state index contributed by atoms with van der Waals surface area (Å²) in [5.41, 5.74) is 2.54. The van der Waals surface area contributed by atoms with E-state index in [9.17, 15) is 4.79 Å². The highest BCUT2D eigenvalue weighted by Gasteiger charge is 2.09. The minimum absolute atomic E-state index is 0.0839. The van der Waals surface area contributed by atoms with Crippen molar-refractivity contribution in [2.75, 3.05) is 6.54 Å². The molecule has 0 radical (unpaired) electrons. The highest BCUT2D eigenvalue weighted by atomic mass is 35.5.